The van der Waals surface area contributed by atoms with Crippen molar-refractivity contribution in [2.24, 2.45) is 0 Å². The molecule has 0 atom stereocenters. The van der Waals surface area contributed by atoms with Crippen molar-refractivity contribution < 1.29 is 0 Å². The lowest BCUT2D eigenvalue weighted by Gasteiger charge is -1.89. The number of thioether (sulfide) groups is 1. The van der Waals surface area contributed by atoms with Crippen LogP contribution in [0.25, 0.3) is 10.3 Å². The van der Waals surface area contributed by atoms with Gasteiger partial charge in [-0.05, 0) is 24.8 Å². The van der Waals surface area contributed by atoms with E-state index in [1.165, 1.54) is 10.3 Å². The SMILES string of the molecule is CSc1nc2nccc(C)c2s1. The molecule has 2 aromatic rings. The summed E-state index contributed by atoms with van der Waals surface area (Å²) in [5.41, 5.74) is 2.14. The van der Waals surface area contributed by atoms with Gasteiger partial charge in [0.25, 0.3) is 0 Å². The molecule has 62 valence electrons. The Morgan fingerprint density at radius 1 is 1.50 bits per heavy atom. The Morgan fingerprint density at radius 2 is 2.33 bits per heavy atom. The minimum absolute atomic E-state index is 0.879. The fraction of sp³-hybridized carbons (Fsp3) is 0.250. The molecule has 0 saturated heterocycles. The molecule has 2 nitrogen and oxygen atoms in total. The summed E-state index contributed by atoms with van der Waals surface area (Å²) in [5.74, 6) is 0. The van der Waals surface area contributed by atoms with Gasteiger partial charge in [0.2, 0.25) is 0 Å². The van der Waals surface area contributed by atoms with Gasteiger partial charge in [-0.2, -0.15) is 0 Å². The highest BCUT2D eigenvalue weighted by atomic mass is 32.2. The number of thiazole rings is 1. The Bertz CT molecular complexity index is 408. The van der Waals surface area contributed by atoms with Gasteiger partial charge < -0.3 is 0 Å². The Labute approximate surface area is 79.0 Å². The average molecular weight is 196 g/mol. The molecule has 0 aliphatic carbocycles. The zero-order valence-corrected chi connectivity index (χ0v) is 8.50. The zero-order valence-electron chi connectivity index (χ0n) is 6.87. The number of aryl methyl sites for hydroxylation is 1. The van der Waals surface area contributed by atoms with Crippen LogP contribution in [-0.4, -0.2) is 16.2 Å². The maximum absolute atomic E-state index is 4.36. The molecule has 4 heteroatoms. The van der Waals surface area contributed by atoms with Crippen LogP contribution in [0, 0.1) is 6.92 Å². The van der Waals surface area contributed by atoms with Crippen LogP contribution in [0.15, 0.2) is 16.6 Å². The Morgan fingerprint density at radius 3 is 3.00 bits per heavy atom. The van der Waals surface area contributed by atoms with Crippen molar-refractivity contribution in [3.05, 3.63) is 17.8 Å². The molecule has 0 fully saturated rings. The van der Waals surface area contributed by atoms with Gasteiger partial charge in [0.15, 0.2) is 9.99 Å². The van der Waals surface area contributed by atoms with Crippen molar-refractivity contribution in [1.29, 1.82) is 0 Å². The van der Waals surface area contributed by atoms with E-state index in [4.69, 9.17) is 0 Å². The fourth-order valence-electron chi connectivity index (χ4n) is 1.02. The minimum atomic E-state index is 0.879. The number of aromatic nitrogens is 2. The van der Waals surface area contributed by atoms with Crippen LogP contribution in [0.1, 0.15) is 5.56 Å². The summed E-state index contributed by atoms with van der Waals surface area (Å²) >= 11 is 3.38. The van der Waals surface area contributed by atoms with Crippen molar-refractivity contribution in [3.63, 3.8) is 0 Å². The standard InChI is InChI=1S/C8H8N2S2/c1-5-3-4-9-7-6(5)12-8(10-7)11-2/h3-4H,1-2H3. The van der Waals surface area contributed by atoms with Gasteiger partial charge in [-0.15, -0.1) is 11.3 Å². The molecule has 0 saturated carbocycles. The van der Waals surface area contributed by atoms with Crippen LogP contribution >= 0.6 is 23.1 Å². The van der Waals surface area contributed by atoms with Crippen molar-refractivity contribution in [2.45, 2.75) is 11.3 Å². The van der Waals surface area contributed by atoms with Gasteiger partial charge in [0.1, 0.15) is 0 Å². The summed E-state index contributed by atoms with van der Waals surface area (Å²) in [4.78, 5) is 8.56. The van der Waals surface area contributed by atoms with E-state index < -0.39 is 0 Å². The topological polar surface area (TPSA) is 25.8 Å². The Balaban J connectivity index is 2.74. The smallest absolute Gasteiger partial charge is 0.171 e. The molecule has 0 N–H and O–H groups in total. The first-order chi connectivity index (χ1) is 5.81. The van der Waals surface area contributed by atoms with Crippen molar-refractivity contribution in [3.8, 4) is 0 Å². The molecule has 0 unspecified atom stereocenters. The summed E-state index contributed by atoms with van der Waals surface area (Å²) in [6.07, 6.45) is 3.84. The van der Waals surface area contributed by atoms with E-state index in [0.29, 0.717) is 0 Å². The summed E-state index contributed by atoms with van der Waals surface area (Å²) in [6, 6.07) is 2.02. The van der Waals surface area contributed by atoms with Crippen molar-refractivity contribution in [2.75, 3.05) is 6.26 Å². The maximum atomic E-state index is 4.36. The van der Waals surface area contributed by atoms with E-state index >= 15 is 0 Å². The predicted molar refractivity (Wildman–Crippen MR) is 53.9 cm³/mol. The van der Waals surface area contributed by atoms with Crippen LogP contribution in [0.4, 0.5) is 0 Å². The summed E-state index contributed by atoms with van der Waals surface area (Å²) in [7, 11) is 0. The molecular weight excluding hydrogens is 188 g/mol. The predicted octanol–water partition coefficient (Wildman–Crippen LogP) is 2.72. The van der Waals surface area contributed by atoms with Crippen LogP contribution in [-0.2, 0) is 0 Å². The molecule has 0 aromatic carbocycles. The first kappa shape index (κ1) is 8.01. The summed E-state index contributed by atoms with van der Waals surface area (Å²) in [6.45, 7) is 2.09. The highest BCUT2D eigenvalue weighted by Gasteiger charge is 2.04. The van der Waals surface area contributed by atoms with Gasteiger partial charge >= 0.3 is 0 Å². The highest BCUT2D eigenvalue weighted by molar-refractivity contribution is 8.00. The molecule has 0 aliphatic heterocycles. The van der Waals surface area contributed by atoms with Crippen LogP contribution in [0.5, 0.6) is 0 Å². The second-order valence-electron chi connectivity index (χ2n) is 2.46. The molecule has 2 heterocycles. The number of hydrogen-bond acceptors (Lipinski definition) is 4. The number of pyridine rings is 1. The quantitative estimate of drug-likeness (QED) is 0.656. The lowest BCUT2D eigenvalue weighted by molar-refractivity contribution is 1.23. The number of fused-ring (bicyclic) bond motifs is 1. The molecule has 0 amide bonds. The van der Waals surface area contributed by atoms with E-state index in [1.54, 1.807) is 23.1 Å². The third kappa shape index (κ3) is 1.21. The third-order valence-electron chi connectivity index (χ3n) is 1.64. The summed E-state index contributed by atoms with van der Waals surface area (Å²) < 4.78 is 2.30. The van der Waals surface area contributed by atoms with Crippen LogP contribution < -0.4 is 0 Å². The molecule has 2 aromatic heterocycles. The van der Waals surface area contributed by atoms with Gasteiger partial charge in [-0.3, -0.25) is 0 Å². The average Bonchev–Trinajstić information content (AvgIpc) is 2.49. The van der Waals surface area contributed by atoms with E-state index in [1.807, 2.05) is 18.5 Å². The second kappa shape index (κ2) is 3.03. The number of nitrogens with zero attached hydrogens (tertiary/aromatic N) is 2. The molecular formula is C8H8N2S2. The Hall–Kier alpha value is -0.610. The number of hydrogen-bond donors (Lipinski definition) is 0. The highest BCUT2D eigenvalue weighted by Crippen LogP contribution is 2.28. The fourth-order valence-corrected chi connectivity index (χ4v) is 2.51. The minimum Gasteiger partial charge on any atom is -0.236 e. The van der Waals surface area contributed by atoms with Gasteiger partial charge in [0.05, 0.1) is 4.70 Å². The van der Waals surface area contributed by atoms with Crippen LogP contribution in [0.2, 0.25) is 0 Å². The second-order valence-corrected chi connectivity index (χ2v) is 4.52. The van der Waals surface area contributed by atoms with Crippen molar-refractivity contribution in [1.82, 2.24) is 9.97 Å². The van der Waals surface area contributed by atoms with Gasteiger partial charge in [-0.25, -0.2) is 9.97 Å². The van der Waals surface area contributed by atoms with Gasteiger partial charge in [0, 0.05) is 6.20 Å². The largest absolute Gasteiger partial charge is 0.236 e. The molecule has 0 bridgehead atoms. The van der Waals surface area contributed by atoms with E-state index in [9.17, 15) is 0 Å². The van der Waals surface area contributed by atoms with Gasteiger partial charge in [-0.1, -0.05) is 11.8 Å². The first-order valence-electron chi connectivity index (χ1n) is 3.57. The van der Waals surface area contributed by atoms with Crippen molar-refractivity contribution >= 4 is 33.4 Å². The lowest BCUT2D eigenvalue weighted by atomic mass is 10.3. The molecule has 0 spiro atoms. The van der Waals surface area contributed by atoms with E-state index in [-0.39, 0.29) is 0 Å². The molecule has 0 radical (unpaired) electrons. The monoisotopic (exact) mass is 196 g/mol. The molecule has 2 rings (SSSR count). The number of rotatable bonds is 1. The normalized spacial score (nSPS) is 10.8. The Kier molecular flexibility index (Phi) is 2.02. The molecule has 0 aliphatic rings. The molecule has 12 heavy (non-hydrogen) atoms. The summed E-state index contributed by atoms with van der Waals surface area (Å²) in [5, 5.41) is 0. The zero-order chi connectivity index (χ0) is 8.55. The maximum Gasteiger partial charge on any atom is 0.171 e. The lowest BCUT2D eigenvalue weighted by Crippen LogP contribution is -1.77. The van der Waals surface area contributed by atoms with E-state index in [0.717, 1.165) is 9.99 Å². The third-order valence-corrected chi connectivity index (χ3v) is 3.81. The van der Waals surface area contributed by atoms with Crippen LogP contribution in [0.3, 0.4) is 0 Å². The first-order valence-corrected chi connectivity index (χ1v) is 5.61. The van der Waals surface area contributed by atoms with E-state index in [2.05, 4.69) is 16.9 Å².